The Hall–Kier alpha value is -1.26. The van der Waals surface area contributed by atoms with Gasteiger partial charge in [0.1, 0.15) is 0 Å². The Kier molecular flexibility index (Phi) is 5.80. The third-order valence-electron chi connectivity index (χ3n) is 2.80. The molecule has 96 valence electrons. The summed E-state index contributed by atoms with van der Waals surface area (Å²) in [6, 6.07) is 5.75. The maximum absolute atomic E-state index is 6.16. The van der Waals surface area contributed by atoms with E-state index in [0.717, 1.165) is 36.3 Å². The van der Waals surface area contributed by atoms with Gasteiger partial charge >= 0.3 is 0 Å². The smallest absolute Gasteiger partial charge is 0.165 e. The van der Waals surface area contributed by atoms with Crippen LogP contribution in [0.5, 0.6) is 11.5 Å². The van der Waals surface area contributed by atoms with Crippen LogP contribution in [0, 0.1) is 0 Å². The third kappa shape index (κ3) is 3.61. The van der Waals surface area contributed by atoms with Crippen LogP contribution in [0.3, 0.4) is 0 Å². The molecule has 0 aliphatic heterocycles. The summed E-state index contributed by atoms with van der Waals surface area (Å²) in [6.45, 7) is 0.710. The number of rotatable bonds is 7. The molecule has 0 aliphatic rings. The van der Waals surface area contributed by atoms with E-state index in [1.165, 1.54) is 0 Å². The highest BCUT2D eigenvalue weighted by Gasteiger charge is 2.15. The van der Waals surface area contributed by atoms with Gasteiger partial charge in [-0.15, -0.1) is 0 Å². The fraction of sp³-hybridized carbons (Fsp3) is 0.538. The quantitative estimate of drug-likeness (QED) is 0.711. The standard InChI is InChI=1S/C13H22N2O2/c1-16-12-8-5-6-10(13(12)17-2)11(15)7-3-4-9-14/h5-6,8,11H,3-4,7,9,14-15H2,1-2H3/t11-/m0/s1. The van der Waals surface area contributed by atoms with Gasteiger partial charge in [-0.1, -0.05) is 18.6 Å². The van der Waals surface area contributed by atoms with Gasteiger partial charge in [0.2, 0.25) is 0 Å². The van der Waals surface area contributed by atoms with Gasteiger partial charge in [0.05, 0.1) is 14.2 Å². The highest BCUT2D eigenvalue weighted by atomic mass is 16.5. The Morgan fingerprint density at radius 1 is 1.18 bits per heavy atom. The molecule has 0 amide bonds. The molecule has 0 aliphatic carbocycles. The van der Waals surface area contributed by atoms with Gasteiger partial charge in [-0.2, -0.15) is 0 Å². The molecule has 0 saturated heterocycles. The summed E-state index contributed by atoms with van der Waals surface area (Å²) < 4.78 is 10.6. The zero-order valence-electron chi connectivity index (χ0n) is 10.6. The van der Waals surface area contributed by atoms with Crippen LogP contribution in [-0.2, 0) is 0 Å². The second-order valence-corrected chi connectivity index (χ2v) is 3.97. The van der Waals surface area contributed by atoms with Crippen LogP contribution < -0.4 is 20.9 Å². The summed E-state index contributed by atoms with van der Waals surface area (Å²) in [7, 11) is 3.26. The number of para-hydroxylation sites is 1. The predicted octanol–water partition coefficient (Wildman–Crippen LogP) is 1.83. The second-order valence-electron chi connectivity index (χ2n) is 3.97. The van der Waals surface area contributed by atoms with Crippen molar-refractivity contribution in [3.63, 3.8) is 0 Å². The fourth-order valence-corrected chi connectivity index (χ4v) is 1.87. The van der Waals surface area contributed by atoms with E-state index in [1.54, 1.807) is 14.2 Å². The number of benzene rings is 1. The van der Waals surface area contributed by atoms with Crippen LogP contribution in [0.2, 0.25) is 0 Å². The first-order valence-corrected chi connectivity index (χ1v) is 5.91. The number of nitrogens with two attached hydrogens (primary N) is 2. The Bertz CT molecular complexity index is 342. The lowest BCUT2D eigenvalue weighted by Gasteiger charge is -2.17. The third-order valence-corrected chi connectivity index (χ3v) is 2.80. The number of ether oxygens (including phenoxy) is 2. The van der Waals surface area contributed by atoms with E-state index in [9.17, 15) is 0 Å². The summed E-state index contributed by atoms with van der Waals surface area (Å²) in [5.74, 6) is 1.45. The number of methoxy groups -OCH3 is 2. The molecular weight excluding hydrogens is 216 g/mol. The van der Waals surface area contributed by atoms with Crippen LogP contribution in [-0.4, -0.2) is 20.8 Å². The van der Waals surface area contributed by atoms with Gasteiger partial charge in [-0.25, -0.2) is 0 Å². The predicted molar refractivity (Wildman–Crippen MR) is 69.4 cm³/mol. The minimum absolute atomic E-state index is 0.0356. The van der Waals surface area contributed by atoms with E-state index < -0.39 is 0 Å². The van der Waals surface area contributed by atoms with Gasteiger partial charge in [-0.3, -0.25) is 0 Å². The van der Waals surface area contributed by atoms with Crippen LogP contribution in [0.15, 0.2) is 18.2 Å². The van der Waals surface area contributed by atoms with E-state index >= 15 is 0 Å². The van der Waals surface area contributed by atoms with Crippen LogP contribution >= 0.6 is 0 Å². The molecule has 0 spiro atoms. The molecule has 0 radical (unpaired) electrons. The molecule has 1 aromatic rings. The fourth-order valence-electron chi connectivity index (χ4n) is 1.87. The SMILES string of the molecule is COc1cccc([C@@H](N)CCCCN)c1OC. The molecule has 4 nitrogen and oxygen atoms in total. The van der Waals surface area contributed by atoms with Crippen molar-refractivity contribution in [3.8, 4) is 11.5 Å². The summed E-state index contributed by atoms with van der Waals surface area (Å²) in [5, 5.41) is 0. The van der Waals surface area contributed by atoms with Gasteiger partial charge in [0.15, 0.2) is 11.5 Å². The van der Waals surface area contributed by atoms with E-state index in [-0.39, 0.29) is 6.04 Å². The zero-order chi connectivity index (χ0) is 12.7. The van der Waals surface area contributed by atoms with Gasteiger partial charge in [-0.05, 0) is 25.5 Å². The lowest BCUT2D eigenvalue weighted by molar-refractivity contribution is 0.348. The molecule has 1 atom stereocenters. The zero-order valence-corrected chi connectivity index (χ0v) is 10.6. The van der Waals surface area contributed by atoms with E-state index in [0.29, 0.717) is 6.54 Å². The molecule has 0 saturated carbocycles. The van der Waals surface area contributed by atoms with E-state index in [1.807, 2.05) is 18.2 Å². The average molecular weight is 238 g/mol. The highest BCUT2D eigenvalue weighted by Crippen LogP contribution is 2.35. The maximum atomic E-state index is 6.16. The minimum atomic E-state index is -0.0356. The topological polar surface area (TPSA) is 70.5 Å². The molecule has 0 aromatic heterocycles. The van der Waals surface area contributed by atoms with Crippen molar-refractivity contribution >= 4 is 0 Å². The average Bonchev–Trinajstić information content (AvgIpc) is 2.37. The second kappa shape index (κ2) is 7.14. The van der Waals surface area contributed by atoms with Crippen molar-refractivity contribution in [2.45, 2.75) is 25.3 Å². The minimum Gasteiger partial charge on any atom is -0.493 e. The van der Waals surface area contributed by atoms with Crippen molar-refractivity contribution in [1.82, 2.24) is 0 Å². The monoisotopic (exact) mass is 238 g/mol. The van der Waals surface area contributed by atoms with Gasteiger partial charge in [0.25, 0.3) is 0 Å². The molecule has 1 aromatic carbocycles. The Labute approximate surface area is 103 Å². The van der Waals surface area contributed by atoms with Crippen molar-refractivity contribution in [1.29, 1.82) is 0 Å². The van der Waals surface area contributed by atoms with Crippen LogP contribution in [0.4, 0.5) is 0 Å². The molecule has 4 heteroatoms. The molecular formula is C13H22N2O2. The van der Waals surface area contributed by atoms with Crippen LogP contribution in [0.25, 0.3) is 0 Å². The number of hydrogen-bond donors (Lipinski definition) is 2. The summed E-state index contributed by atoms with van der Waals surface area (Å²) in [6.07, 6.45) is 2.93. The van der Waals surface area contributed by atoms with Crippen LogP contribution in [0.1, 0.15) is 30.9 Å². The Morgan fingerprint density at radius 3 is 2.53 bits per heavy atom. The Balaban J connectivity index is 2.81. The van der Waals surface area contributed by atoms with Gasteiger partial charge < -0.3 is 20.9 Å². The molecule has 0 bridgehead atoms. The largest absolute Gasteiger partial charge is 0.493 e. The first-order chi connectivity index (χ1) is 8.24. The molecule has 0 unspecified atom stereocenters. The lowest BCUT2D eigenvalue weighted by atomic mass is 10.0. The number of hydrogen-bond acceptors (Lipinski definition) is 4. The molecule has 1 rings (SSSR count). The van der Waals surface area contributed by atoms with E-state index in [2.05, 4.69) is 0 Å². The normalized spacial score (nSPS) is 12.2. The van der Waals surface area contributed by atoms with Crippen molar-refractivity contribution < 1.29 is 9.47 Å². The first-order valence-electron chi connectivity index (χ1n) is 5.91. The molecule has 17 heavy (non-hydrogen) atoms. The molecule has 0 heterocycles. The summed E-state index contributed by atoms with van der Waals surface area (Å²) in [5.41, 5.74) is 12.6. The van der Waals surface area contributed by atoms with E-state index in [4.69, 9.17) is 20.9 Å². The first kappa shape index (κ1) is 13.8. The van der Waals surface area contributed by atoms with Crippen molar-refractivity contribution in [3.05, 3.63) is 23.8 Å². The maximum Gasteiger partial charge on any atom is 0.165 e. The lowest BCUT2D eigenvalue weighted by Crippen LogP contribution is -2.12. The summed E-state index contributed by atoms with van der Waals surface area (Å²) >= 11 is 0. The molecule has 4 N–H and O–H groups in total. The highest BCUT2D eigenvalue weighted by molar-refractivity contribution is 5.47. The van der Waals surface area contributed by atoms with Crippen molar-refractivity contribution in [2.24, 2.45) is 11.5 Å². The van der Waals surface area contributed by atoms with Gasteiger partial charge in [0, 0.05) is 11.6 Å². The Morgan fingerprint density at radius 2 is 1.94 bits per heavy atom. The summed E-state index contributed by atoms with van der Waals surface area (Å²) in [4.78, 5) is 0. The number of unbranched alkanes of at least 4 members (excludes halogenated alkanes) is 1. The molecule has 0 fully saturated rings. The van der Waals surface area contributed by atoms with Crippen molar-refractivity contribution in [2.75, 3.05) is 20.8 Å².